The molecular weight excluding hydrogens is 448 g/mol. The summed E-state index contributed by atoms with van der Waals surface area (Å²) in [6, 6.07) is 20.5. The molecule has 0 fully saturated rings. The Bertz CT molecular complexity index is 1030. The summed E-state index contributed by atoms with van der Waals surface area (Å²) in [5.74, 6) is 0.343. The second-order valence-electron chi connectivity index (χ2n) is 6.12. The number of hydrazone groups is 1. The van der Waals surface area contributed by atoms with Crippen LogP contribution in [-0.2, 0) is 0 Å². The molecule has 0 aliphatic heterocycles. The molecule has 152 valence electrons. The molecule has 1 amide bonds. The first kappa shape index (κ1) is 21.3. The maximum Gasteiger partial charge on any atom is 0.343 e. The van der Waals surface area contributed by atoms with Gasteiger partial charge in [0.25, 0.3) is 5.91 Å². The van der Waals surface area contributed by atoms with Crippen molar-refractivity contribution < 1.29 is 19.1 Å². The summed E-state index contributed by atoms with van der Waals surface area (Å²) >= 11 is 3.32. The van der Waals surface area contributed by atoms with E-state index in [0.717, 1.165) is 10.0 Å². The van der Waals surface area contributed by atoms with Gasteiger partial charge in [0.05, 0.1) is 18.4 Å². The molecule has 0 bridgehead atoms. The van der Waals surface area contributed by atoms with Crippen LogP contribution in [0.3, 0.4) is 0 Å². The number of benzene rings is 3. The highest BCUT2D eigenvalue weighted by Crippen LogP contribution is 2.16. The van der Waals surface area contributed by atoms with E-state index < -0.39 is 5.97 Å². The quantitative estimate of drug-likeness (QED) is 0.234. The van der Waals surface area contributed by atoms with Crippen molar-refractivity contribution in [2.75, 3.05) is 6.61 Å². The summed E-state index contributed by atoms with van der Waals surface area (Å²) in [5, 5.41) is 3.95. The molecule has 0 saturated heterocycles. The van der Waals surface area contributed by atoms with Crippen LogP contribution in [0.25, 0.3) is 0 Å². The average Bonchev–Trinajstić information content (AvgIpc) is 2.76. The molecule has 30 heavy (non-hydrogen) atoms. The Hall–Kier alpha value is -3.45. The average molecular weight is 467 g/mol. The Morgan fingerprint density at radius 1 is 0.900 bits per heavy atom. The van der Waals surface area contributed by atoms with Crippen LogP contribution in [0.5, 0.6) is 11.5 Å². The fraction of sp³-hybridized carbons (Fsp3) is 0.0870. The number of hydrogen-bond donors (Lipinski definition) is 1. The van der Waals surface area contributed by atoms with Crippen LogP contribution in [-0.4, -0.2) is 24.7 Å². The SMILES string of the molecule is CCOc1ccc(C(=O)Oc2ccc(C=NNC(=O)c3ccc(Br)cc3)cc2)cc1. The molecule has 1 N–H and O–H groups in total. The second kappa shape index (κ2) is 10.4. The van der Waals surface area contributed by atoms with E-state index in [0.29, 0.717) is 29.2 Å². The van der Waals surface area contributed by atoms with Gasteiger partial charge in [0, 0.05) is 10.0 Å². The molecule has 0 spiro atoms. The predicted octanol–water partition coefficient (Wildman–Crippen LogP) is 4.83. The Labute approximate surface area is 182 Å². The third-order valence-corrected chi connectivity index (χ3v) is 4.51. The number of amides is 1. The summed E-state index contributed by atoms with van der Waals surface area (Å²) in [5.41, 5.74) is 4.15. The highest BCUT2D eigenvalue weighted by molar-refractivity contribution is 9.10. The summed E-state index contributed by atoms with van der Waals surface area (Å²) in [6.45, 7) is 2.46. The zero-order valence-electron chi connectivity index (χ0n) is 16.2. The summed E-state index contributed by atoms with van der Waals surface area (Å²) < 4.78 is 11.6. The number of nitrogens with zero attached hydrogens (tertiary/aromatic N) is 1. The number of nitrogens with one attached hydrogen (secondary N) is 1. The molecule has 3 aromatic rings. The smallest absolute Gasteiger partial charge is 0.343 e. The van der Waals surface area contributed by atoms with Gasteiger partial charge in [-0.3, -0.25) is 4.79 Å². The van der Waals surface area contributed by atoms with Crippen LogP contribution in [0.15, 0.2) is 82.4 Å². The fourth-order valence-corrected chi connectivity index (χ4v) is 2.74. The van der Waals surface area contributed by atoms with Crippen molar-refractivity contribution in [3.05, 3.63) is 94.0 Å². The van der Waals surface area contributed by atoms with Gasteiger partial charge in [0.15, 0.2) is 0 Å². The monoisotopic (exact) mass is 466 g/mol. The van der Waals surface area contributed by atoms with Crippen molar-refractivity contribution in [1.82, 2.24) is 5.43 Å². The summed E-state index contributed by atoms with van der Waals surface area (Å²) in [4.78, 5) is 24.2. The Kier molecular flexibility index (Phi) is 7.34. The van der Waals surface area contributed by atoms with E-state index in [4.69, 9.17) is 9.47 Å². The maximum atomic E-state index is 12.2. The molecule has 0 heterocycles. The van der Waals surface area contributed by atoms with Crippen molar-refractivity contribution in [3.63, 3.8) is 0 Å². The lowest BCUT2D eigenvalue weighted by molar-refractivity contribution is 0.0734. The molecule has 6 nitrogen and oxygen atoms in total. The number of carbonyl (C=O) groups excluding carboxylic acids is 2. The van der Waals surface area contributed by atoms with Crippen LogP contribution >= 0.6 is 15.9 Å². The first-order valence-electron chi connectivity index (χ1n) is 9.19. The van der Waals surface area contributed by atoms with Gasteiger partial charge in [-0.15, -0.1) is 0 Å². The number of ether oxygens (including phenoxy) is 2. The lowest BCUT2D eigenvalue weighted by Crippen LogP contribution is -2.17. The van der Waals surface area contributed by atoms with Gasteiger partial charge in [0.1, 0.15) is 11.5 Å². The van der Waals surface area contributed by atoms with Gasteiger partial charge in [-0.2, -0.15) is 5.10 Å². The third-order valence-electron chi connectivity index (χ3n) is 3.98. The topological polar surface area (TPSA) is 77.0 Å². The first-order valence-corrected chi connectivity index (χ1v) is 9.98. The zero-order chi connectivity index (χ0) is 21.3. The van der Waals surface area contributed by atoms with Crippen molar-refractivity contribution in [2.24, 2.45) is 5.10 Å². The van der Waals surface area contributed by atoms with Crippen molar-refractivity contribution in [2.45, 2.75) is 6.92 Å². The molecule has 0 saturated carbocycles. The number of halogens is 1. The highest BCUT2D eigenvalue weighted by atomic mass is 79.9. The van der Waals surface area contributed by atoms with Crippen molar-refractivity contribution >= 4 is 34.0 Å². The van der Waals surface area contributed by atoms with Gasteiger partial charge < -0.3 is 9.47 Å². The normalized spacial score (nSPS) is 10.6. The Morgan fingerprint density at radius 3 is 2.13 bits per heavy atom. The molecular formula is C23H19BrN2O4. The lowest BCUT2D eigenvalue weighted by Gasteiger charge is -2.06. The molecule has 0 aliphatic rings. The van der Waals surface area contributed by atoms with Crippen LogP contribution in [0.2, 0.25) is 0 Å². The van der Waals surface area contributed by atoms with Crippen molar-refractivity contribution in [1.29, 1.82) is 0 Å². The minimum absolute atomic E-state index is 0.306. The number of esters is 1. The van der Waals surface area contributed by atoms with E-state index in [1.165, 1.54) is 6.21 Å². The fourth-order valence-electron chi connectivity index (χ4n) is 2.47. The first-order chi connectivity index (χ1) is 14.5. The van der Waals surface area contributed by atoms with E-state index in [9.17, 15) is 9.59 Å². The van der Waals surface area contributed by atoms with Gasteiger partial charge in [-0.25, -0.2) is 10.2 Å². The molecule has 7 heteroatoms. The second-order valence-corrected chi connectivity index (χ2v) is 7.04. The number of hydrogen-bond acceptors (Lipinski definition) is 5. The van der Waals surface area contributed by atoms with Crippen LogP contribution in [0, 0.1) is 0 Å². The Balaban J connectivity index is 1.54. The van der Waals surface area contributed by atoms with Crippen LogP contribution in [0.4, 0.5) is 0 Å². The highest BCUT2D eigenvalue weighted by Gasteiger charge is 2.09. The minimum atomic E-state index is -0.457. The van der Waals surface area contributed by atoms with Gasteiger partial charge in [0.2, 0.25) is 0 Å². The number of rotatable bonds is 7. The predicted molar refractivity (Wildman–Crippen MR) is 118 cm³/mol. The molecule has 0 radical (unpaired) electrons. The van der Waals surface area contributed by atoms with Gasteiger partial charge in [-0.05, 0) is 85.3 Å². The van der Waals surface area contributed by atoms with Crippen molar-refractivity contribution in [3.8, 4) is 11.5 Å². The number of carbonyl (C=O) groups is 2. The van der Waals surface area contributed by atoms with E-state index in [1.807, 2.05) is 6.92 Å². The minimum Gasteiger partial charge on any atom is -0.494 e. The van der Waals surface area contributed by atoms with Crippen LogP contribution < -0.4 is 14.9 Å². The molecule has 0 unspecified atom stereocenters. The summed E-state index contributed by atoms with van der Waals surface area (Å²) in [6.07, 6.45) is 1.51. The van der Waals surface area contributed by atoms with E-state index in [-0.39, 0.29) is 5.91 Å². The Morgan fingerprint density at radius 2 is 1.50 bits per heavy atom. The van der Waals surface area contributed by atoms with E-state index in [1.54, 1.807) is 72.8 Å². The lowest BCUT2D eigenvalue weighted by atomic mass is 10.2. The van der Waals surface area contributed by atoms with E-state index in [2.05, 4.69) is 26.5 Å². The molecule has 3 aromatic carbocycles. The standard InChI is InChI=1S/C23H19BrN2O4/c1-2-29-20-13-7-18(8-14-20)23(28)30-21-11-3-16(4-12-21)15-25-26-22(27)17-5-9-19(24)10-6-17/h3-15H,2H2,1H3,(H,26,27). The van der Waals surface area contributed by atoms with Gasteiger partial charge in [-0.1, -0.05) is 15.9 Å². The van der Waals surface area contributed by atoms with Crippen LogP contribution in [0.1, 0.15) is 33.2 Å². The zero-order valence-corrected chi connectivity index (χ0v) is 17.8. The molecule has 0 aromatic heterocycles. The van der Waals surface area contributed by atoms with Gasteiger partial charge >= 0.3 is 5.97 Å². The third kappa shape index (κ3) is 6.02. The summed E-state index contributed by atoms with van der Waals surface area (Å²) in [7, 11) is 0. The maximum absolute atomic E-state index is 12.2. The van der Waals surface area contributed by atoms with E-state index >= 15 is 0 Å². The molecule has 3 rings (SSSR count). The molecule has 0 atom stereocenters. The molecule has 0 aliphatic carbocycles. The largest absolute Gasteiger partial charge is 0.494 e.